The third-order valence-electron chi connectivity index (χ3n) is 5.51. The Morgan fingerprint density at radius 1 is 0.621 bits per heavy atom. The zero-order chi connectivity index (χ0) is 19.9. The lowest BCUT2D eigenvalue weighted by atomic mass is 9.67. The summed E-state index contributed by atoms with van der Waals surface area (Å²) in [6.45, 7) is 0. The standard InChI is InChI=1S/C28H24O/c29-27-20-19-25-17-7-8-18-26(25)28(27,21-9-15-23-11-3-1-4-12-23)22-10-16-24-13-5-2-6-14-24/h1-20H,21-22H2/b15-9+,16-10+. The van der Waals surface area contributed by atoms with Crippen LogP contribution in [0.4, 0.5) is 0 Å². The maximum absolute atomic E-state index is 13.2. The van der Waals surface area contributed by atoms with E-state index in [4.69, 9.17) is 0 Å². The van der Waals surface area contributed by atoms with Gasteiger partial charge in [0.05, 0.1) is 5.41 Å². The van der Waals surface area contributed by atoms with Crippen molar-refractivity contribution in [2.75, 3.05) is 0 Å². The molecule has 29 heavy (non-hydrogen) atoms. The van der Waals surface area contributed by atoms with E-state index in [9.17, 15) is 4.79 Å². The Hall–Kier alpha value is -3.45. The molecular weight excluding hydrogens is 352 g/mol. The molecule has 1 aliphatic rings. The lowest BCUT2D eigenvalue weighted by Gasteiger charge is -2.34. The summed E-state index contributed by atoms with van der Waals surface area (Å²) in [4.78, 5) is 13.2. The van der Waals surface area contributed by atoms with Gasteiger partial charge in [0.25, 0.3) is 0 Å². The molecule has 0 fully saturated rings. The molecule has 142 valence electrons. The maximum atomic E-state index is 13.2. The molecule has 4 rings (SSSR count). The molecule has 0 saturated carbocycles. The molecule has 0 N–H and O–H groups in total. The molecule has 0 unspecified atom stereocenters. The van der Waals surface area contributed by atoms with Crippen LogP contribution < -0.4 is 0 Å². The van der Waals surface area contributed by atoms with E-state index in [0.717, 1.165) is 22.3 Å². The van der Waals surface area contributed by atoms with Crippen LogP contribution in [0.5, 0.6) is 0 Å². The third kappa shape index (κ3) is 4.20. The van der Waals surface area contributed by atoms with Crippen LogP contribution in [0.15, 0.2) is 103 Å². The van der Waals surface area contributed by atoms with Gasteiger partial charge in [-0.05, 0) is 41.2 Å². The number of hydrogen-bond donors (Lipinski definition) is 0. The fourth-order valence-electron chi connectivity index (χ4n) is 3.96. The lowest BCUT2D eigenvalue weighted by molar-refractivity contribution is -0.119. The van der Waals surface area contributed by atoms with Gasteiger partial charge in [-0.3, -0.25) is 4.79 Å². The Labute approximate surface area is 172 Å². The van der Waals surface area contributed by atoms with Gasteiger partial charge in [-0.2, -0.15) is 0 Å². The Bertz CT molecular complexity index is 1000. The SMILES string of the molecule is O=C1C=Cc2ccccc2C1(C/C=C/c1ccccc1)C/C=C/c1ccccc1. The van der Waals surface area contributed by atoms with E-state index in [1.807, 2.05) is 54.6 Å². The first-order valence-corrected chi connectivity index (χ1v) is 10.0. The first-order chi connectivity index (χ1) is 14.3. The van der Waals surface area contributed by atoms with Crippen LogP contribution in [0.25, 0.3) is 18.2 Å². The highest BCUT2D eigenvalue weighted by Crippen LogP contribution is 2.40. The van der Waals surface area contributed by atoms with Crippen molar-refractivity contribution < 1.29 is 4.79 Å². The third-order valence-corrected chi connectivity index (χ3v) is 5.51. The highest BCUT2D eigenvalue weighted by Gasteiger charge is 2.39. The van der Waals surface area contributed by atoms with E-state index in [1.54, 1.807) is 6.08 Å². The van der Waals surface area contributed by atoms with E-state index in [1.165, 1.54) is 0 Å². The molecule has 1 aliphatic carbocycles. The second kappa shape index (κ2) is 8.70. The van der Waals surface area contributed by atoms with Gasteiger partial charge in [-0.25, -0.2) is 0 Å². The molecule has 3 aromatic carbocycles. The minimum absolute atomic E-state index is 0.173. The van der Waals surface area contributed by atoms with Gasteiger partial charge < -0.3 is 0 Å². The van der Waals surface area contributed by atoms with Crippen molar-refractivity contribution in [3.63, 3.8) is 0 Å². The zero-order valence-corrected chi connectivity index (χ0v) is 16.4. The summed E-state index contributed by atoms with van der Waals surface area (Å²) >= 11 is 0. The Morgan fingerprint density at radius 3 is 1.72 bits per heavy atom. The summed E-state index contributed by atoms with van der Waals surface area (Å²) in [5, 5.41) is 0. The van der Waals surface area contributed by atoms with Gasteiger partial charge in [0.1, 0.15) is 0 Å². The van der Waals surface area contributed by atoms with Crippen molar-refractivity contribution in [2.24, 2.45) is 0 Å². The minimum atomic E-state index is -0.568. The minimum Gasteiger partial charge on any atom is -0.294 e. The number of rotatable bonds is 6. The number of ketones is 1. The summed E-state index contributed by atoms with van der Waals surface area (Å²) in [6, 6.07) is 28.7. The summed E-state index contributed by atoms with van der Waals surface area (Å²) in [6.07, 6.45) is 13.5. The zero-order valence-electron chi connectivity index (χ0n) is 16.4. The molecular formula is C28H24O. The molecule has 1 heteroatoms. The van der Waals surface area contributed by atoms with Crippen molar-refractivity contribution in [3.8, 4) is 0 Å². The Morgan fingerprint density at radius 2 is 1.14 bits per heavy atom. The molecule has 0 spiro atoms. The topological polar surface area (TPSA) is 17.1 Å². The van der Waals surface area contributed by atoms with Crippen molar-refractivity contribution >= 4 is 24.0 Å². The van der Waals surface area contributed by atoms with Crippen LogP contribution in [-0.2, 0) is 10.2 Å². The molecule has 0 amide bonds. The highest BCUT2D eigenvalue weighted by atomic mass is 16.1. The fourth-order valence-corrected chi connectivity index (χ4v) is 3.96. The van der Waals surface area contributed by atoms with E-state index in [-0.39, 0.29) is 5.78 Å². The first-order valence-electron chi connectivity index (χ1n) is 10.0. The molecule has 1 nitrogen and oxygen atoms in total. The van der Waals surface area contributed by atoms with Crippen LogP contribution in [0.1, 0.15) is 35.1 Å². The number of carbonyl (C=O) groups excluding carboxylic acids is 1. The molecule has 0 bridgehead atoms. The van der Waals surface area contributed by atoms with Gasteiger partial charge in [0, 0.05) is 0 Å². The van der Waals surface area contributed by atoms with Crippen molar-refractivity contribution in [3.05, 3.63) is 125 Å². The second-order valence-corrected chi connectivity index (χ2v) is 7.40. The quantitative estimate of drug-likeness (QED) is 0.466. The average Bonchev–Trinajstić information content (AvgIpc) is 2.78. The number of hydrogen-bond acceptors (Lipinski definition) is 1. The van der Waals surface area contributed by atoms with Gasteiger partial charge in [0.15, 0.2) is 5.78 Å². The molecule has 0 atom stereocenters. The van der Waals surface area contributed by atoms with E-state index in [0.29, 0.717) is 12.8 Å². The van der Waals surface area contributed by atoms with Crippen LogP contribution in [-0.4, -0.2) is 5.78 Å². The predicted molar refractivity (Wildman–Crippen MR) is 122 cm³/mol. The van der Waals surface area contributed by atoms with E-state index >= 15 is 0 Å². The average molecular weight is 376 g/mol. The van der Waals surface area contributed by atoms with Crippen LogP contribution >= 0.6 is 0 Å². The first kappa shape index (κ1) is 18.9. The largest absolute Gasteiger partial charge is 0.294 e. The maximum Gasteiger partial charge on any atom is 0.166 e. The smallest absolute Gasteiger partial charge is 0.166 e. The molecule has 0 aromatic heterocycles. The van der Waals surface area contributed by atoms with Crippen LogP contribution in [0.3, 0.4) is 0 Å². The molecule has 0 saturated heterocycles. The van der Waals surface area contributed by atoms with Gasteiger partial charge in [-0.1, -0.05) is 115 Å². The van der Waals surface area contributed by atoms with Crippen molar-refractivity contribution in [1.29, 1.82) is 0 Å². The Balaban J connectivity index is 1.67. The number of allylic oxidation sites excluding steroid dienone is 3. The van der Waals surface area contributed by atoms with Crippen LogP contribution in [0.2, 0.25) is 0 Å². The second-order valence-electron chi connectivity index (χ2n) is 7.40. The van der Waals surface area contributed by atoms with E-state index < -0.39 is 5.41 Å². The summed E-state index contributed by atoms with van der Waals surface area (Å²) < 4.78 is 0. The monoisotopic (exact) mass is 376 g/mol. The van der Waals surface area contributed by atoms with Gasteiger partial charge in [0.2, 0.25) is 0 Å². The van der Waals surface area contributed by atoms with E-state index in [2.05, 4.69) is 60.7 Å². The number of benzene rings is 3. The summed E-state index contributed by atoms with van der Waals surface area (Å²) in [7, 11) is 0. The Kier molecular flexibility index (Phi) is 5.67. The molecule has 0 radical (unpaired) electrons. The predicted octanol–water partition coefficient (Wildman–Crippen LogP) is 6.73. The lowest BCUT2D eigenvalue weighted by Crippen LogP contribution is -2.36. The normalized spacial score (nSPS) is 15.1. The van der Waals surface area contributed by atoms with Crippen molar-refractivity contribution in [2.45, 2.75) is 18.3 Å². The molecule has 0 aliphatic heterocycles. The number of fused-ring (bicyclic) bond motifs is 1. The summed E-state index contributed by atoms with van der Waals surface area (Å²) in [5.74, 6) is 0.173. The molecule has 0 heterocycles. The number of carbonyl (C=O) groups is 1. The highest BCUT2D eigenvalue weighted by molar-refractivity contribution is 6.05. The summed E-state index contributed by atoms with van der Waals surface area (Å²) in [5.41, 5.74) is 3.97. The van der Waals surface area contributed by atoms with Gasteiger partial charge >= 0.3 is 0 Å². The van der Waals surface area contributed by atoms with Crippen molar-refractivity contribution in [1.82, 2.24) is 0 Å². The van der Waals surface area contributed by atoms with Gasteiger partial charge in [-0.15, -0.1) is 0 Å². The van der Waals surface area contributed by atoms with Crippen LogP contribution in [0, 0.1) is 0 Å². The fraction of sp³-hybridized carbons (Fsp3) is 0.107. The molecule has 3 aromatic rings.